The average molecular weight is 228 g/mol. The summed E-state index contributed by atoms with van der Waals surface area (Å²) in [6, 6.07) is 14.1. The van der Waals surface area contributed by atoms with E-state index in [4.69, 9.17) is 4.74 Å². The number of ether oxygens (including phenoxy) is 1. The average Bonchev–Trinajstić information content (AvgIpc) is 2.39. The summed E-state index contributed by atoms with van der Waals surface area (Å²) in [6.45, 7) is 1.34. The van der Waals surface area contributed by atoms with Crippen LogP contribution in [0, 0.1) is 0 Å². The Morgan fingerprint density at radius 3 is 2.71 bits per heavy atom. The molecule has 3 nitrogen and oxygen atoms in total. The number of pyridine rings is 1. The van der Waals surface area contributed by atoms with E-state index in [1.165, 1.54) is 0 Å². The van der Waals surface area contributed by atoms with Gasteiger partial charge in [0.1, 0.15) is 0 Å². The molecule has 1 N–H and O–H groups in total. The minimum atomic E-state index is 0.616. The van der Waals surface area contributed by atoms with E-state index in [0.717, 1.165) is 23.5 Å². The van der Waals surface area contributed by atoms with Gasteiger partial charge in [-0.15, -0.1) is 0 Å². The van der Waals surface area contributed by atoms with Crippen molar-refractivity contribution in [3.05, 3.63) is 59.9 Å². The molecule has 17 heavy (non-hydrogen) atoms. The van der Waals surface area contributed by atoms with Gasteiger partial charge in [-0.2, -0.15) is 0 Å². The fraction of sp³-hybridized carbons (Fsp3) is 0.214. The zero-order valence-electron chi connectivity index (χ0n) is 9.89. The normalized spacial score (nSPS) is 10.2. The Hall–Kier alpha value is -1.87. The molecule has 1 aromatic carbocycles. The molecule has 0 aliphatic rings. The summed E-state index contributed by atoms with van der Waals surface area (Å²) in [5, 5.41) is 3.37. The van der Waals surface area contributed by atoms with Crippen LogP contribution in [-0.2, 0) is 17.9 Å². The van der Waals surface area contributed by atoms with Crippen molar-refractivity contribution in [3.63, 3.8) is 0 Å². The number of anilines is 1. The smallest absolute Gasteiger partial charge is 0.0733 e. The SMILES string of the molecule is COCc1ccccc1NCc1ccccn1. The van der Waals surface area contributed by atoms with E-state index < -0.39 is 0 Å². The number of hydrogen-bond acceptors (Lipinski definition) is 3. The molecule has 0 amide bonds. The molecule has 0 atom stereocenters. The van der Waals surface area contributed by atoms with Crippen LogP contribution in [0.5, 0.6) is 0 Å². The second kappa shape index (κ2) is 6.01. The maximum Gasteiger partial charge on any atom is 0.0733 e. The molecule has 0 unspecified atom stereocenters. The molecule has 2 rings (SSSR count). The first-order chi connectivity index (χ1) is 8.40. The molecule has 0 aliphatic heterocycles. The van der Waals surface area contributed by atoms with Crippen LogP contribution in [0.15, 0.2) is 48.7 Å². The Morgan fingerprint density at radius 1 is 1.12 bits per heavy atom. The predicted octanol–water partition coefficient (Wildman–Crippen LogP) is 2.84. The summed E-state index contributed by atoms with van der Waals surface area (Å²) in [4.78, 5) is 4.28. The van der Waals surface area contributed by atoms with Gasteiger partial charge in [-0.3, -0.25) is 4.98 Å². The van der Waals surface area contributed by atoms with Gasteiger partial charge in [-0.25, -0.2) is 0 Å². The second-order valence-corrected chi connectivity index (χ2v) is 3.76. The van der Waals surface area contributed by atoms with Crippen LogP contribution in [-0.4, -0.2) is 12.1 Å². The number of rotatable bonds is 5. The standard InChI is InChI=1S/C14H16N2O/c1-17-11-12-6-2-3-8-14(12)16-10-13-7-4-5-9-15-13/h2-9,16H,10-11H2,1H3. The summed E-state index contributed by atoms with van der Waals surface area (Å²) in [5.74, 6) is 0. The lowest BCUT2D eigenvalue weighted by Crippen LogP contribution is -2.04. The Bertz CT molecular complexity index is 457. The van der Waals surface area contributed by atoms with Gasteiger partial charge in [0.05, 0.1) is 18.8 Å². The number of nitrogens with one attached hydrogen (secondary N) is 1. The van der Waals surface area contributed by atoms with E-state index in [1.54, 1.807) is 13.3 Å². The molecule has 2 aromatic rings. The molecule has 88 valence electrons. The first-order valence-electron chi connectivity index (χ1n) is 5.61. The van der Waals surface area contributed by atoms with Gasteiger partial charge in [0.15, 0.2) is 0 Å². The third kappa shape index (κ3) is 3.29. The highest BCUT2D eigenvalue weighted by Crippen LogP contribution is 2.16. The van der Waals surface area contributed by atoms with Crippen LogP contribution < -0.4 is 5.32 Å². The maximum atomic E-state index is 5.16. The van der Waals surface area contributed by atoms with E-state index in [9.17, 15) is 0 Å². The number of hydrogen-bond donors (Lipinski definition) is 1. The maximum absolute atomic E-state index is 5.16. The van der Waals surface area contributed by atoms with Crippen LogP contribution in [0.1, 0.15) is 11.3 Å². The molecule has 3 heteroatoms. The van der Waals surface area contributed by atoms with E-state index >= 15 is 0 Å². The third-order valence-electron chi connectivity index (χ3n) is 2.50. The van der Waals surface area contributed by atoms with Crippen molar-refractivity contribution in [2.45, 2.75) is 13.2 Å². The number of benzene rings is 1. The number of aromatic nitrogens is 1. The third-order valence-corrected chi connectivity index (χ3v) is 2.50. The van der Waals surface area contributed by atoms with Crippen molar-refractivity contribution in [3.8, 4) is 0 Å². The Morgan fingerprint density at radius 2 is 1.94 bits per heavy atom. The lowest BCUT2D eigenvalue weighted by molar-refractivity contribution is 0.185. The molecule has 1 heterocycles. The summed E-state index contributed by atoms with van der Waals surface area (Å²) in [5.41, 5.74) is 3.28. The molecule has 0 bridgehead atoms. The van der Waals surface area contributed by atoms with Crippen molar-refractivity contribution in [2.24, 2.45) is 0 Å². The molecule has 1 aromatic heterocycles. The molecule has 0 spiro atoms. The van der Waals surface area contributed by atoms with Gasteiger partial charge in [-0.05, 0) is 18.2 Å². The minimum absolute atomic E-state index is 0.616. The number of para-hydroxylation sites is 1. The molecule has 0 aliphatic carbocycles. The molecular formula is C14H16N2O. The molecular weight excluding hydrogens is 212 g/mol. The molecule has 0 radical (unpaired) electrons. The van der Waals surface area contributed by atoms with Crippen molar-refractivity contribution >= 4 is 5.69 Å². The summed E-state index contributed by atoms with van der Waals surface area (Å²) in [6.07, 6.45) is 1.80. The summed E-state index contributed by atoms with van der Waals surface area (Å²) < 4.78 is 5.16. The topological polar surface area (TPSA) is 34.1 Å². The molecule has 0 fully saturated rings. The van der Waals surface area contributed by atoms with E-state index in [2.05, 4.69) is 22.4 Å². The largest absolute Gasteiger partial charge is 0.380 e. The Balaban J connectivity index is 2.03. The second-order valence-electron chi connectivity index (χ2n) is 3.76. The highest BCUT2D eigenvalue weighted by atomic mass is 16.5. The van der Waals surface area contributed by atoms with Gasteiger partial charge in [0, 0.05) is 24.6 Å². The monoisotopic (exact) mass is 228 g/mol. The van der Waals surface area contributed by atoms with Crippen LogP contribution in [0.4, 0.5) is 5.69 Å². The Kier molecular flexibility index (Phi) is 4.11. The predicted molar refractivity (Wildman–Crippen MR) is 68.7 cm³/mol. The highest BCUT2D eigenvalue weighted by molar-refractivity contribution is 5.50. The van der Waals surface area contributed by atoms with Crippen LogP contribution in [0.2, 0.25) is 0 Å². The molecule has 0 saturated heterocycles. The van der Waals surface area contributed by atoms with Gasteiger partial charge in [0.2, 0.25) is 0 Å². The van der Waals surface area contributed by atoms with Crippen LogP contribution in [0.25, 0.3) is 0 Å². The lowest BCUT2D eigenvalue weighted by atomic mass is 10.2. The highest BCUT2D eigenvalue weighted by Gasteiger charge is 2.00. The van der Waals surface area contributed by atoms with E-state index in [1.807, 2.05) is 30.3 Å². The molecule has 0 saturated carbocycles. The van der Waals surface area contributed by atoms with E-state index in [0.29, 0.717) is 6.61 Å². The minimum Gasteiger partial charge on any atom is -0.380 e. The fourth-order valence-corrected chi connectivity index (χ4v) is 1.66. The van der Waals surface area contributed by atoms with Crippen molar-refractivity contribution in [1.29, 1.82) is 0 Å². The zero-order chi connectivity index (χ0) is 11.9. The zero-order valence-corrected chi connectivity index (χ0v) is 9.89. The first kappa shape index (κ1) is 11.6. The van der Waals surface area contributed by atoms with Crippen LogP contribution >= 0.6 is 0 Å². The summed E-state index contributed by atoms with van der Waals surface area (Å²) in [7, 11) is 1.70. The lowest BCUT2D eigenvalue weighted by Gasteiger charge is -2.10. The van der Waals surface area contributed by atoms with Gasteiger partial charge >= 0.3 is 0 Å². The number of methoxy groups -OCH3 is 1. The van der Waals surface area contributed by atoms with E-state index in [-0.39, 0.29) is 0 Å². The Labute approximate surface area is 101 Å². The van der Waals surface area contributed by atoms with Crippen LogP contribution in [0.3, 0.4) is 0 Å². The van der Waals surface area contributed by atoms with Gasteiger partial charge < -0.3 is 10.1 Å². The fourth-order valence-electron chi connectivity index (χ4n) is 1.66. The van der Waals surface area contributed by atoms with Crippen molar-refractivity contribution in [1.82, 2.24) is 4.98 Å². The van der Waals surface area contributed by atoms with Gasteiger partial charge in [0.25, 0.3) is 0 Å². The van der Waals surface area contributed by atoms with Gasteiger partial charge in [-0.1, -0.05) is 24.3 Å². The quantitative estimate of drug-likeness (QED) is 0.854. The first-order valence-corrected chi connectivity index (χ1v) is 5.61. The van der Waals surface area contributed by atoms with Crippen molar-refractivity contribution < 1.29 is 4.74 Å². The number of nitrogens with zero attached hydrogens (tertiary/aromatic N) is 1. The summed E-state index contributed by atoms with van der Waals surface area (Å²) >= 11 is 0. The van der Waals surface area contributed by atoms with Crippen molar-refractivity contribution in [2.75, 3.05) is 12.4 Å².